The van der Waals surface area contributed by atoms with Gasteiger partial charge in [-0.2, -0.15) is 0 Å². The number of sulfone groups is 1. The van der Waals surface area contributed by atoms with Crippen molar-refractivity contribution in [2.45, 2.75) is 24.7 Å². The van der Waals surface area contributed by atoms with Crippen molar-refractivity contribution in [3.8, 4) is 5.75 Å². The number of rotatable bonds is 7. The predicted molar refractivity (Wildman–Crippen MR) is 104 cm³/mol. The molecule has 2 rings (SSSR count). The van der Waals surface area contributed by atoms with Crippen molar-refractivity contribution in [1.82, 2.24) is 0 Å². The number of nitrogens with one attached hydrogen (secondary N) is 2. The Labute approximate surface area is 154 Å². The quantitative estimate of drug-likeness (QED) is 0.775. The average Bonchev–Trinajstić information content (AvgIpc) is 2.59. The third-order valence-electron chi connectivity index (χ3n) is 3.89. The first-order valence-corrected chi connectivity index (χ1v) is 10.1. The molecule has 0 fully saturated rings. The molecule has 7 heteroatoms. The van der Waals surface area contributed by atoms with Crippen LogP contribution in [0.2, 0.25) is 0 Å². The minimum Gasteiger partial charge on any atom is -0.497 e. The molecule has 0 unspecified atom stereocenters. The molecule has 0 aromatic heterocycles. The Bertz CT molecular complexity index is 875. The van der Waals surface area contributed by atoms with Crippen LogP contribution in [0.1, 0.15) is 25.3 Å². The number of carbonyl (C=O) groups is 1. The molecule has 6 nitrogen and oxygen atoms in total. The van der Waals surface area contributed by atoms with Gasteiger partial charge in [-0.25, -0.2) is 8.42 Å². The summed E-state index contributed by atoms with van der Waals surface area (Å²) in [5.74, 6) is 0.592. The summed E-state index contributed by atoms with van der Waals surface area (Å²) in [6, 6.07) is 12.3. The largest absolute Gasteiger partial charge is 0.497 e. The van der Waals surface area contributed by atoms with Gasteiger partial charge >= 0.3 is 0 Å². The Kier molecular flexibility index (Phi) is 6.26. The molecule has 0 saturated heterocycles. The summed E-state index contributed by atoms with van der Waals surface area (Å²) in [4.78, 5) is 12.2. The van der Waals surface area contributed by atoms with Gasteiger partial charge in [-0.3, -0.25) is 4.79 Å². The highest BCUT2D eigenvalue weighted by atomic mass is 32.2. The van der Waals surface area contributed by atoms with Crippen LogP contribution in [-0.4, -0.2) is 34.2 Å². The second kappa shape index (κ2) is 8.23. The SMILES string of the molecule is COc1ccc(NCC(=O)Nc2ccc(C(C)C)cc2)c(S(C)(=O)=O)c1. The second-order valence-corrected chi connectivity index (χ2v) is 8.30. The molecule has 0 heterocycles. The van der Waals surface area contributed by atoms with Gasteiger partial charge < -0.3 is 15.4 Å². The fraction of sp³-hybridized carbons (Fsp3) is 0.316. The van der Waals surface area contributed by atoms with E-state index in [4.69, 9.17) is 4.74 Å². The molecule has 2 aromatic carbocycles. The number of benzene rings is 2. The van der Waals surface area contributed by atoms with Crippen LogP contribution >= 0.6 is 0 Å². The monoisotopic (exact) mass is 376 g/mol. The van der Waals surface area contributed by atoms with Crippen molar-refractivity contribution in [3.63, 3.8) is 0 Å². The van der Waals surface area contributed by atoms with Crippen molar-refractivity contribution < 1.29 is 17.9 Å². The molecule has 0 aliphatic heterocycles. The molecule has 140 valence electrons. The highest BCUT2D eigenvalue weighted by Crippen LogP contribution is 2.26. The van der Waals surface area contributed by atoms with E-state index in [0.29, 0.717) is 23.0 Å². The van der Waals surface area contributed by atoms with Gasteiger partial charge in [0.1, 0.15) is 5.75 Å². The molecule has 26 heavy (non-hydrogen) atoms. The van der Waals surface area contributed by atoms with Crippen molar-refractivity contribution in [1.29, 1.82) is 0 Å². The van der Waals surface area contributed by atoms with Crippen molar-refractivity contribution in [2.75, 3.05) is 30.5 Å². The molecular formula is C19H24N2O4S. The van der Waals surface area contributed by atoms with Crippen LogP contribution in [-0.2, 0) is 14.6 Å². The smallest absolute Gasteiger partial charge is 0.243 e. The highest BCUT2D eigenvalue weighted by Gasteiger charge is 2.15. The van der Waals surface area contributed by atoms with Crippen LogP contribution in [0.25, 0.3) is 0 Å². The number of anilines is 2. The maximum atomic E-state index is 12.1. The number of carbonyl (C=O) groups excluding carboxylic acids is 1. The second-order valence-electron chi connectivity index (χ2n) is 6.31. The van der Waals surface area contributed by atoms with Gasteiger partial charge in [-0.05, 0) is 35.7 Å². The molecule has 0 spiro atoms. The Balaban J connectivity index is 2.05. The number of hydrogen-bond acceptors (Lipinski definition) is 5. The Morgan fingerprint density at radius 2 is 1.77 bits per heavy atom. The van der Waals surface area contributed by atoms with Crippen LogP contribution in [0.3, 0.4) is 0 Å². The van der Waals surface area contributed by atoms with Gasteiger partial charge in [0, 0.05) is 18.0 Å². The molecular weight excluding hydrogens is 352 g/mol. The fourth-order valence-corrected chi connectivity index (χ4v) is 3.28. The van der Waals surface area contributed by atoms with E-state index in [0.717, 1.165) is 6.26 Å². The van der Waals surface area contributed by atoms with Crippen LogP contribution in [0, 0.1) is 0 Å². The van der Waals surface area contributed by atoms with Crippen LogP contribution in [0.5, 0.6) is 5.75 Å². The third kappa shape index (κ3) is 5.23. The summed E-state index contributed by atoms with van der Waals surface area (Å²) in [5.41, 5.74) is 2.25. The molecule has 2 N–H and O–H groups in total. The third-order valence-corrected chi connectivity index (χ3v) is 5.03. The zero-order valence-electron chi connectivity index (χ0n) is 15.4. The minimum absolute atomic E-state index is 0.0548. The molecule has 2 aromatic rings. The zero-order chi connectivity index (χ0) is 19.3. The van der Waals surface area contributed by atoms with Crippen molar-refractivity contribution in [3.05, 3.63) is 48.0 Å². The number of hydrogen-bond donors (Lipinski definition) is 2. The topological polar surface area (TPSA) is 84.5 Å². The maximum absolute atomic E-state index is 12.1. The van der Waals surface area contributed by atoms with Gasteiger partial charge in [0.05, 0.1) is 24.2 Å². The van der Waals surface area contributed by atoms with E-state index in [1.165, 1.54) is 18.7 Å². The summed E-state index contributed by atoms with van der Waals surface area (Å²) in [5, 5.41) is 5.66. The minimum atomic E-state index is -3.46. The van der Waals surface area contributed by atoms with E-state index >= 15 is 0 Å². The van der Waals surface area contributed by atoms with Gasteiger partial charge in [0.25, 0.3) is 0 Å². The lowest BCUT2D eigenvalue weighted by molar-refractivity contribution is -0.114. The van der Waals surface area contributed by atoms with E-state index in [2.05, 4.69) is 24.5 Å². The standard InChI is InChI=1S/C19H24N2O4S/c1-13(2)14-5-7-15(8-6-14)21-19(22)12-20-17-10-9-16(25-3)11-18(17)26(4,23)24/h5-11,13,20H,12H2,1-4H3,(H,21,22). The van der Waals surface area contributed by atoms with Gasteiger partial charge in [0.15, 0.2) is 9.84 Å². The number of ether oxygens (including phenoxy) is 1. The van der Waals surface area contributed by atoms with Gasteiger partial charge in [0.2, 0.25) is 5.91 Å². The lowest BCUT2D eigenvalue weighted by Gasteiger charge is -2.13. The molecule has 0 atom stereocenters. The lowest BCUT2D eigenvalue weighted by atomic mass is 10.0. The maximum Gasteiger partial charge on any atom is 0.243 e. The molecule has 0 aliphatic rings. The lowest BCUT2D eigenvalue weighted by Crippen LogP contribution is -2.22. The molecule has 1 amide bonds. The normalized spacial score (nSPS) is 11.3. The zero-order valence-corrected chi connectivity index (χ0v) is 16.2. The molecule has 0 radical (unpaired) electrons. The number of methoxy groups -OCH3 is 1. The fourth-order valence-electron chi connectivity index (χ4n) is 2.41. The van der Waals surface area contributed by atoms with Crippen molar-refractivity contribution in [2.24, 2.45) is 0 Å². The molecule has 0 saturated carbocycles. The Hall–Kier alpha value is -2.54. The first-order chi connectivity index (χ1) is 12.2. The van der Waals surface area contributed by atoms with E-state index in [1.807, 2.05) is 24.3 Å². The predicted octanol–water partition coefficient (Wildman–Crippen LogP) is 3.27. The first kappa shape index (κ1) is 19.8. The van der Waals surface area contributed by atoms with E-state index in [9.17, 15) is 13.2 Å². The highest BCUT2D eigenvalue weighted by molar-refractivity contribution is 7.90. The average molecular weight is 376 g/mol. The van der Waals surface area contributed by atoms with Crippen LogP contribution < -0.4 is 15.4 Å². The van der Waals surface area contributed by atoms with Crippen LogP contribution in [0.4, 0.5) is 11.4 Å². The summed E-state index contributed by atoms with van der Waals surface area (Å²) < 4.78 is 29.0. The summed E-state index contributed by atoms with van der Waals surface area (Å²) in [6.07, 6.45) is 1.11. The van der Waals surface area contributed by atoms with Gasteiger partial charge in [-0.1, -0.05) is 26.0 Å². The van der Waals surface area contributed by atoms with Gasteiger partial charge in [-0.15, -0.1) is 0 Å². The molecule has 0 aliphatic carbocycles. The summed E-state index contributed by atoms with van der Waals surface area (Å²) in [7, 11) is -2.00. The van der Waals surface area contributed by atoms with Crippen LogP contribution in [0.15, 0.2) is 47.4 Å². The Morgan fingerprint density at radius 1 is 1.12 bits per heavy atom. The number of amides is 1. The molecule has 0 bridgehead atoms. The first-order valence-electron chi connectivity index (χ1n) is 8.22. The van der Waals surface area contributed by atoms with E-state index in [1.54, 1.807) is 12.1 Å². The summed E-state index contributed by atoms with van der Waals surface area (Å²) >= 11 is 0. The van der Waals surface area contributed by atoms with E-state index in [-0.39, 0.29) is 17.3 Å². The van der Waals surface area contributed by atoms with E-state index < -0.39 is 9.84 Å². The summed E-state index contributed by atoms with van der Waals surface area (Å²) in [6.45, 7) is 4.15. The van der Waals surface area contributed by atoms with Crippen molar-refractivity contribution >= 4 is 27.1 Å². The Morgan fingerprint density at radius 3 is 2.31 bits per heavy atom.